The summed E-state index contributed by atoms with van der Waals surface area (Å²) >= 11 is 11.3. The van der Waals surface area contributed by atoms with E-state index in [0.717, 1.165) is 25.9 Å². The Labute approximate surface area is 208 Å². The highest BCUT2D eigenvalue weighted by Gasteiger charge is 2.65. The number of ketones is 1. The van der Waals surface area contributed by atoms with Crippen LogP contribution in [0.1, 0.15) is 31.4 Å². The molecule has 3 aliphatic rings. The molecule has 1 aromatic heterocycles. The van der Waals surface area contributed by atoms with Crippen molar-refractivity contribution in [3.05, 3.63) is 47.2 Å². The number of nitriles is 1. The molecule has 5 rings (SSSR count). The van der Waals surface area contributed by atoms with E-state index in [1.807, 2.05) is 12.1 Å². The maximum atomic E-state index is 13.6. The minimum absolute atomic E-state index is 0.101. The molecule has 8 nitrogen and oxygen atoms in total. The van der Waals surface area contributed by atoms with Crippen LogP contribution in [-0.2, 0) is 9.59 Å². The summed E-state index contributed by atoms with van der Waals surface area (Å²) in [5, 5.41) is 9.45. The number of hydrogen-bond donors (Lipinski definition) is 1. The van der Waals surface area contributed by atoms with Crippen molar-refractivity contribution in [2.75, 3.05) is 29.9 Å². The number of Topliss-reactive ketones (excluding diaryl/α,β-unsaturated/α-hetero) is 1. The van der Waals surface area contributed by atoms with Gasteiger partial charge < -0.3 is 14.5 Å². The Morgan fingerprint density at radius 3 is 2.50 bits per heavy atom. The summed E-state index contributed by atoms with van der Waals surface area (Å²) in [5.41, 5.74) is -0.738. The molecule has 3 heterocycles. The molecule has 1 spiro atoms. The Hall–Kier alpha value is -2.80. The highest BCUT2D eigenvalue weighted by molar-refractivity contribution is 7.81. The number of piperidine rings is 1. The number of rotatable bonds is 4. The van der Waals surface area contributed by atoms with E-state index in [1.165, 1.54) is 17.2 Å². The molecule has 2 saturated heterocycles. The standard InChI is InChI=1S/C24H24ClN5O3S/c1-28-10-7-18(8-11-28)33-20-5-4-16(12-19(20)25)30-23(34)29(17-3-2-15(13-26)27-14-17)22(32)24(30)9-6-21(24)31/h2-5,12,14,18,23,34H,6-11H2,1H3. The fourth-order valence-corrected chi connectivity index (χ4v) is 5.67. The van der Waals surface area contributed by atoms with Crippen LogP contribution in [-0.4, -0.2) is 58.9 Å². The average Bonchev–Trinajstić information content (AvgIpc) is 3.09. The average molecular weight is 498 g/mol. The fourth-order valence-electron chi connectivity index (χ4n) is 4.88. The molecule has 1 aromatic carbocycles. The van der Waals surface area contributed by atoms with E-state index in [2.05, 4.69) is 16.9 Å². The van der Waals surface area contributed by atoms with Crippen molar-refractivity contribution in [1.29, 1.82) is 5.26 Å². The first kappa shape index (κ1) is 23.0. The quantitative estimate of drug-likeness (QED) is 0.512. The maximum absolute atomic E-state index is 13.6. The normalized spacial score (nSPS) is 25.5. The number of nitrogens with zero attached hydrogens (tertiary/aromatic N) is 5. The Morgan fingerprint density at radius 1 is 1.21 bits per heavy atom. The third kappa shape index (κ3) is 3.61. The number of aromatic nitrogens is 1. The summed E-state index contributed by atoms with van der Waals surface area (Å²) in [6.07, 6.45) is 4.13. The third-order valence-corrected chi connectivity index (χ3v) is 7.67. The van der Waals surface area contributed by atoms with Gasteiger partial charge in [0.2, 0.25) is 0 Å². The molecule has 2 aliphatic heterocycles. The number of likely N-dealkylation sites (tertiary alicyclic amines) is 1. The zero-order valence-corrected chi connectivity index (χ0v) is 20.3. The number of halogens is 1. The first-order chi connectivity index (χ1) is 16.3. The summed E-state index contributed by atoms with van der Waals surface area (Å²) in [6.45, 7) is 1.95. The predicted octanol–water partition coefficient (Wildman–Crippen LogP) is 3.25. The lowest BCUT2D eigenvalue weighted by atomic mass is 9.73. The van der Waals surface area contributed by atoms with E-state index in [9.17, 15) is 9.59 Å². The van der Waals surface area contributed by atoms with Gasteiger partial charge in [-0.3, -0.25) is 14.5 Å². The van der Waals surface area contributed by atoms with Gasteiger partial charge in [-0.05, 0) is 56.6 Å². The van der Waals surface area contributed by atoms with E-state index in [0.29, 0.717) is 35.0 Å². The molecule has 1 saturated carbocycles. The van der Waals surface area contributed by atoms with Crippen molar-refractivity contribution in [2.45, 2.75) is 42.8 Å². The van der Waals surface area contributed by atoms with Crippen LogP contribution in [0.4, 0.5) is 11.4 Å². The Balaban J connectivity index is 1.45. The molecule has 10 heteroatoms. The fraction of sp³-hybridized carbons (Fsp3) is 0.417. The van der Waals surface area contributed by atoms with Gasteiger partial charge in [-0.25, -0.2) is 4.98 Å². The zero-order valence-electron chi connectivity index (χ0n) is 18.6. The monoisotopic (exact) mass is 497 g/mol. The summed E-state index contributed by atoms with van der Waals surface area (Å²) in [5.74, 6) is 0.0878. The number of carbonyl (C=O) groups excluding carboxylic acids is 2. The number of thiol groups is 1. The topological polar surface area (TPSA) is 89.8 Å². The molecule has 176 valence electrons. The summed E-state index contributed by atoms with van der Waals surface area (Å²) in [6, 6.07) is 10.5. The van der Waals surface area contributed by atoms with Crippen LogP contribution in [0.5, 0.6) is 5.75 Å². The minimum Gasteiger partial charge on any atom is -0.489 e. The molecule has 0 bridgehead atoms. The lowest BCUT2D eigenvalue weighted by Gasteiger charge is -2.43. The van der Waals surface area contributed by atoms with Crippen LogP contribution in [0.25, 0.3) is 0 Å². The van der Waals surface area contributed by atoms with Crippen LogP contribution in [0.3, 0.4) is 0 Å². The van der Waals surface area contributed by atoms with Gasteiger partial charge in [0.25, 0.3) is 5.91 Å². The summed E-state index contributed by atoms with van der Waals surface area (Å²) in [4.78, 5) is 36.0. The van der Waals surface area contributed by atoms with Crippen molar-refractivity contribution < 1.29 is 14.3 Å². The van der Waals surface area contributed by atoms with E-state index in [1.54, 1.807) is 23.1 Å². The first-order valence-corrected chi connectivity index (χ1v) is 12.1. The number of anilines is 2. The van der Waals surface area contributed by atoms with Gasteiger partial charge in [0.15, 0.2) is 16.8 Å². The van der Waals surface area contributed by atoms with Crippen LogP contribution < -0.4 is 14.5 Å². The number of hydrogen-bond acceptors (Lipinski definition) is 8. The van der Waals surface area contributed by atoms with Gasteiger partial charge >= 0.3 is 0 Å². The summed E-state index contributed by atoms with van der Waals surface area (Å²) < 4.78 is 6.15. The van der Waals surface area contributed by atoms with E-state index in [-0.39, 0.29) is 23.5 Å². The van der Waals surface area contributed by atoms with Crippen molar-refractivity contribution in [3.63, 3.8) is 0 Å². The van der Waals surface area contributed by atoms with Gasteiger partial charge in [-0.15, -0.1) is 12.6 Å². The van der Waals surface area contributed by atoms with E-state index >= 15 is 0 Å². The number of carbonyl (C=O) groups is 2. The van der Waals surface area contributed by atoms with Crippen LogP contribution in [0.15, 0.2) is 36.5 Å². The second-order valence-corrected chi connectivity index (χ2v) is 9.79. The Morgan fingerprint density at radius 2 is 1.94 bits per heavy atom. The second kappa shape index (κ2) is 8.77. The van der Waals surface area contributed by atoms with Crippen LogP contribution in [0.2, 0.25) is 5.02 Å². The molecule has 34 heavy (non-hydrogen) atoms. The second-order valence-electron chi connectivity index (χ2n) is 8.92. The third-order valence-electron chi connectivity index (χ3n) is 6.91. The first-order valence-electron chi connectivity index (χ1n) is 11.2. The smallest absolute Gasteiger partial charge is 0.263 e. The molecule has 2 atom stereocenters. The number of amides is 1. The lowest BCUT2D eigenvalue weighted by molar-refractivity contribution is -0.138. The van der Waals surface area contributed by atoms with E-state index < -0.39 is 11.0 Å². The number of pyridine rings is 1. The highest BCUT2D eigenvalue weighted by atomic mass is 35.5. The maximum Gasteiger partial charge on any atom is 0.263 e. The van der Waals surface area contributed by atoms with Gasteiger partial charge in [0.1, 0.15) is 23.6 Å². The summed E-state index contributed by atoms with van der Waals surface area (Å²) in [7, 11) is 2.10. The molecule has 1 aliphatic carbocycles. The van der Waals surface area contributed by atoms with Gasteiger partial charge in [-0.2, -0.15) is 5.26 Å². The van der Waals surface area contributed by atoms with Gasteiger partial charge in [-0.1, -0.05) is 11.6 Å². The largest absolute Gasteiger partial charge is 0.489 e. The molecule has 1 amide bonds. The van der Waals surface area contributed by atoms with E-state index in [4.69, 9.17) is 34.2 Å². The van der Waals surface area contributed by atoms with Crippen LogP contribution in [0, 0.1) is 11.3 Å². The van der Waals surface area contributed by atoms with Crippen LogP contribution >= 0.6 is 24.2 Å². The van der Waals surface area contributed by atoms with Crippen molar-refractivity contribution in [3.8, 4) is 11.8 Å². The zero-order chi connectivity index (χ0) is 24.0. The van der Waals surface area contributed by atoms with Gasteiger partial charge in [0.05, 0.1) is 16.9 Å². The molecular formula is C24H24ClN5O3S. The number of ether oxygens (including phenoxy) is 1. The molecule has 2 unspecified atom stereocenters. The molecule has 2 aromatic rings. The van der Waals surface area contributed by atoms with Crippen molar-refractivity contribution in [1.82, 2.24) is 9.88 Å². The molecule has 3 fully saturated rings. The highest BCUT2D eigenvalue weighted by Crippen LogP contribution is 2.49. The predicted molar refractivity (Wildman–Crippen MR) is 131 cm³/mol. The Bertz CT molecular complexity index is 1180. The Kier molecular flexibility index (Phi) is 5.92. The molecular weight excluding hydrogens is 474 g/mol. The lowest BCUT2D eigenvalue weighted by Crippen LogP contribution is -2.63. The minimum atomic E-state index is -1.32. The number of benzene rings is 1. The SMILES string of the molecule is CN1CCC(Oc2ccc(N3C(S)N(c4ccc(C#N)nc4)C(=O)C34CCC4=O)cc2Cl)CC1. The molecule has 0 N–H and O–H groups in total. The molecule has 0 radical (unpaired) electrons. The van der Waals surface area contributed by atoms with Crippen molar-refractivity contribution in [2.24, 2.45) is 0 Å². The van der Waals surface area contributed by atoms with Gasteiger partial charge in [0, 0.05) is 25.2 Å². The van der Waals surface area contributed by atoms with Crippen molar-refractivity contribution >= 4 is 47.3 Å².